The van der Waals surface area contributed by atoms with E-state index in [1.165, 1.54) is 0 Å². The summed E-state index contributed by atoms with van der Waals surface area (Å²) < 4.78 is 2.05. The zero-order chi connectivity index (χ0) is 18.7. The number of carbonyl (C=O) groups excluding carboxylic acids is 2. The molecular formula is C21H21N3O2. The first-order chi connectivity index (χ1) is 12.5. The molecule has 1 aromatic heterocycles. The second-order valence-corrected chi connectivity index (χ2v) is 6.21. The number of carbonyl (C=O) groups is 2. The number of nitrogens with zero attached hydrogens (tertiary/aromatic N) is 1. The van der Waals surface area contributed by atoms with E-state index in [0.29, 0.717) is 16.8 Å². The Labute approximate surface area is 152 Å². The SMILES string of the molecule is Cc1cc(C(=O)Nc2ccccc2CC(N)=O)c(C)n1-c1ccccc1. The molecule has 0 aliphatic carbocycles. The molecule has 0 saturated heterocycles. The van der Waals surface area contributed by atoms with E-state index < -0.39 is 5.91 Å². The summed E-state index contributed by atoms with van der Waals surface area (Å²) in [5, 5.41) is 2.90. The number of hydrogen-bond donors (Lipinski definition) is 2. The van der Waals surface area contributed by atoms with Gasteiger partial charge in [-0.05, 0) is 43.7 Å². The topological polar surface area (TPSA) is 77.1 Å². The Bertz CT molecular complexity index is 959. The maximum atomic E-state index is 12.8. The molecule has 26 heavy (non-hydrogen) atoms. The minimum absolute atomic E-state index is 0.0828. The lowest BCUT2D eigenvalue weighted by molar-refractivity contribution is -0.117. The Hall–Kier alpha value is -3.34. The molecule has 1 heterocycles. The van der Waals surface area contributed by atoms with Crippen molar-refractivity contribution in [3.8, 4) is 5.69 Å². The predicted octanol–water partition coefficient (Wildman–Crippen LogP) is 3.37. The molecule has 0 radical (unpaired) electrons. The van der Waals surface area contributed by atoms with E-state index in [2.05, 4.69) is 5.32 Å². The van der Waals surface area contributed by atoms with Gasteiger partial charge < -0.3 is 15.6 Å². The number of rotatable bonds is 5. The second-order valence-electron chi connectivity index (χ2n) is 6.21. The van der Waals surface area contributed by atoms with E-state index >= 15 is 0 Å². The lowest BCUT2D eigenvalue weighted by Gasteiger charge is -2.11. The number of benzene rings is 2. The van der Waals surface area contributed by atoms with Crippen LogP contribution in [0.2, 0.25) is 0 Å². The summed E-state index contributed by atoms with van der Waals surface area (Å²) in [6, 6.07) is 19.0. The van der Waals surface area contributed by atoms with Crippen molar-refractivity contribution >= 4 is 17.5 Å². The summed E-state index contributed by atoms with van der Waals surface area (Å²) in [5.74, 6) is -0.647. The standard InChI is InChI=1S/C21H21N3O2/c1-14-12-18(15(2)24(14)17-9-4-3-5-10-17)21(26)23-19-11-7-6-8-16(19)13-20(22)25/h3-12H,13H2,1-2H3,(H2,22,25)(H,23,26). The van der Waals surface area contributed by atoms with Gasteiger partial charge in [0.1, 0.15) is 0 Å². The molecule has 0 fully saturated rings. The molecule has 0 saturated carbocycles. The smallest absolute Gasteiger partial charge is 0.257 e. The fraction of sp³-hybridized carbons (Fsp3) is 0.143. The van der Waals surface area contributed by atoms with Gasteiger partial charge in [0, 0.05) is 22.8 Å². The van der Waals surface area contributed by atoms with Crippen molar-refractivity contribution in [3.63, 3.8) is 0 Å². The number of para-hydroxylation sites is 2. The van der Waals surface area contributed by atoms with E-state index in [-0.39, 0.29) is 12.3 Å². The maximum absolute atomic E-state index is 12.8. The second kappa shape index (κ2) is 7.27. The highest BCUT2D eigenvalue weighted by Crippen LogP contribution is 2.23. The van der Waals surface area contributed by atoms with Crippen molar-refractivity contribution < 1.29 is 9.59 Å². The van der Waals surface area contributed by atoms with Crippen LogP contribution in [-0.2, 0) is 11.2 Å². The quantitative estimate of drug-likeness (QED) is 0.742. The minimum atomic E-state index is -0.436. The molecule has 0 bridgehead atoms. The number of primary amides is 1. The molecule has 0 aliphatic heterocycles. The zero-order valence-electron chi connectivity index (χ0n) is 14.8. The molecule has 2 aromatic carbocycles. The molecule has 0 aliphatic rings. The van der Waals surface area contributed by atoms with Crippen LogP contribution in [0.15, 0.2) is 60.7 Å². The van der Waals surface area contributed by atoms with Crippen LogP contribution < -0.4 is 11.1 Å². The normalized spacial score (nSPS) is 10.5. The van der Waals surface area contributed by atoms with E-state index in [4.69, 9.17) is 5.73 Å². The number of amides is 2. The van der Waals surface area contributed by atoms with Crippen LogP contribution in [0.3, 0.4) is 0 Å². The molecule has 0 spiro atoms. The molecule has 5 nitrogen and oxygen atoms in total. The molecular weight excluding hydrogens is 326 g/mol. The summed E-state index contributed by atoms with van der Waals surface area (Å²) in [5.41, 5.74) is 10.0. The van der Waals surface area contributed by atoms with Crippen molar-refractivity contribution in [2.24, 2.45) is 5.73 Å². The first-order valence-electron chi connectivity index (χ1n) is 8.39. The number of nitrogens with two attached hydrogens (primary N) is 1. The van der Waals surface area contributed by atoms with E-state index in [1.54, 1.807) is 12.1 Å². The minimum Gasteiger partial charge on any atom is -0.369 e. The highest BCUT2D eigenvalue weighted by Gasteiger charge is 2.18. The summed E-state index contributed by atoms with van der Waals surface area (Å²) >= 11 is 0. The van der Waals surface area contributed by atoms with Crippen molar-refractivity contribution in [2.45, 2.75) is 20.3 Å². The van der Waals surface area contributed by atoms with E-state index in [9.17, 15) is 9.59 Å². The van der Waals surface area contributed by atoms with Gasteiger partial charge in [0.25, 0.3) is 5.91 Å². The lowest BCUT2D eigenvalue weighted by Crippen LogP contribution is -2.18. The molecule has 0 unspecified atom stereocenters. The van der Waals surface area contributed by atoms with Gasteiger partial charge in [-0.2, -0.15) is 0 Å². The first-order valence-corrected chi connectivity index (χ1v) is 8.39. The van der Waals surface area contributed by atoms with Crippen LogP contribution in [0.1, 0.15) is 27.3 Å². The van der Waals surface area contributed by atoms with E-state index in [0.717, 1.165) is 17.1 Å². The molecule has 5 heteroatoms. The molecule has 132 valence electrons. The Morgan fingerprint density at radius 1 is 1.00 bits per heavy atom. The van der Waals surface area contributed by atoms with Gasteiger partial charge in [0.15, 0.2) is 0 Å². The highest BCUT2D eigenvalue weighted by atomic mass is 16.2. The summed E-state index contributed by atoms with van der Waals surface area (Å²) in [6.07, 6.45) is 0.0828. The fourth-order valence-electron chi connectivity index (χ4n) is 3.14. The maximum Gasteiger partial charge on any atom is 0.257 e. The van der Waals surface area contributed by atoms with Crippen LogP contribution in [0.25, 0.3) is 5.69 Å². The number of nitrogens with one attached hydrogen (secondary N) is 1. The van der Waals surface area contributed by atoms with Crippen LogP contribution in [-0.4, -0.2) is 16.4 Å². The third kappa shape index (κ3) is 3.52. The van der Waals surface area contributed by atoms with E-state index in [1.807, 2.05) is 66.9 Å². The van der Waals surface area contributed by atoms with Gasteiger partial charge in [0.2, 0.25) is 5.91 Å². The Morgan fingerprint density at radius 2 is 1.65 bits per heavy atom. The molecule has 3 N–H and O–H groups in total. The average Bonchev–Trinajstić information content (AvgIpc) is 2.91. The van der Waals surface area contributed by atoms with Crippen molar-refractivity contribution in [1.82, 2.24) is 4.57 Å². The van der Waals surface area contributed by atoms with Crippen molar-refractivity contribution in [3.05, 3.63) is 83.2 Å². The number of hydrogen-bond acceptors (Lipinski definition) is 2. The largest absolute Gasteiger partial charge is 0.369 e. The van der Waals surface area contributed by atoms with Crippen LogP contribution in [0.5, 0.6) is 0 Å². The lowest BCUT2D eigenvalue weighted by atomic mass is 10.1. The third-order valence-electron chi connectivity index (χ3n) is 4.32. The van der Waals surface area contributed by atoms with Crippen LogP contribution in [0, 0.1) is 13.8 Å². The molecule has 3 aromatic rings. The van der Waals surface area contributed by atoms with Gasteiger partial charge in [-0.25, -0.2) is 0 Å². The first kappa shape index (κ1) is 17.5. The van der Waals surface area contributed by atoms with Crippen LogP contribution in [0.4, 0.5) is 5.69 Å². The average molecular weight is 347 g/mol. The third-order valence-corrected chi connectivity index (χ3v) is 4.32. The van der Waals surface area contributed by atoms with Gasteiger partial charge in [-0.1, -0.05) is 36.4 Å². The zero-order valence-corrected chi connectivity index (χ0v) is 14.8. The number of anilines is 1. The van der Waals surface area contributed by atoms with Crippen molar-refractivity contribution in [2.75, 3.05) is 5.32 Å². The van der Waals surface area contributed by atoms with Gasteiger partial charge in [-0.3, -0.25) is 9.59 Å². The van der Waals surface area contributed by atoms with Gasteiger partial charge >= 0.3 is 0 Å². The number of aryl methyl sites for hydroxylation is 1. The van der Waals surface area contributed by atoms with Gasteiger partial charge in [-0.15, -0.1) is 0 Å². The fourth-order valence-corrected chi connectivity index (χ4v) is 3.14. The summed E-state index contributed by atoms with van der Waals surface area (Å²) in [7, 11) is 0. The van der Waals surface area contributed by atoms with Crippen molar-refractivity contribution in [1.29, 1.82) is 0 Å². The summed E-state index contributed by atoms with van der Waals surface area (Å²) in [6.45, 7) is 3.89. The van der Waals surface area contributed by atoms with Crippen LogP contribution >= 0.6 is 0 Å². The van der Waals surface area contributed by atoms with Gasteiger partial charge in [0.05, 0.1) is 12.0 Å². The predicted molar refractivity (Wildman–Crippen MR) is 103 cm³/mol. The highest BCUT2D eigenvalue weighted by molar-refractivity contribution is 6.06. The summed E-state index contributed by atoms with van der Waals surface area (Å²) in [4.78, 5) is 24.1. The monoisotopic (exact) mass is 347 g/mol. The molecule has 2 amide bonds. The molecule has 3 rings (SSSR count). The Morgan fingerprint density at radius 3 is 2.35 bits per heavy atom. The number of aromatic nitrogens is 1. The Kier molecular flexibility index (Phi) is 4.89. The molecule has 0 atom stereocenters. The Balaban J connectivity index is 1.92.